The highest BCUT2D eigenvalue weighted by molar-refractivity contribution is 6.32. The van der Waals surface area contributed by atoms with E-state index in [4.69, 9.17) is 26.3 Å². The van der Waals surface area contributed by atoms with Gasteiger partial charge in [0.1, 0.15) is 11.2 Å². The molecule has 3 nitrogen and oxygen atoms in total. The van der Waals surface area contributed by atoms with E-state index in [2.05, 4.69) is 6.07 Å². The number of nitrogens with zero attached hydrogens (tertiary/aromatic N) is 1. The smallest absolute Gasteiger partial charge is 0.137 e. The highest BCUT2D eigenvalue weighted by Gasteiger charge is 2.41. The fraction of sp³-hybridized carbons (Fsp3) is 0.417. The van der Waals surface area contributed by atoms with Crippen LogP contribution >= 0.6 is 11.6 Å². The van der Waals surface area contributed by atoms with E-state index >= 15 is 0 Å². The van der Waals surface area contributed by atoms with Crippen molar-refractivity contribution in [3.05, 3.63) is 28.8 Å². The summed E-state index contributed by atoms with van der Waals surface area (Å²) in [5.74, 6) is 0.654. The van der Waals surface area contributed by atoms with Gasteiger partial charge >= 0.3 is 0 Å². The van der Waals surface area contributed by atoms with Gasteiger partial charge in [-0.2, -0.15) is 5.26 Å². The average molecular weight is 238 g/mol. The SMILES string of the molecule is CCOc1ccc(C2(C#N)COC2)cc1Cl. The Morgan fingerprint density at radius 2 is 2.31 bits per heavy atom. The van der Waals surface area contributed by atoms with Crippen LogP contribution in [-0.4, -0.2) is 19.8 Å². The Morgan fingerprint density at radius 1 is 1.56 bits per heavy atom. The van der Waals surface area contributed by atoms with Crippen LogP contribution < -0.4 is 4.74 Å². The van der Waals surface area contributed by atoms with Crippen molar-refractivity contribution in [3.8, 4) is 11.8 Å². The monoisotopic (exact) mass is 237 g/mol. The van der Waals surface area contributed by atoms with Crippen LogP contribution in [0.1, 0.15) is 12.5 Å². The minimum Gasteiger partial charge on any atom is -0.492 e. The Labute approximate surface area is 99.5 Å². The number of hydrogen-bond acceptors (Lipinski definition) is 3. The lowest BCUT2D eigenvalue weighted by atomic mass is 9.80. The van der Waals surface area contributed by atoms with Crippen LogP contribution in [0, 0.1) is 11.3 Å². The van der Waals surface area contributed by atoms with Gasteiger partial charge in [-0.25, -0.2) is 0 Å². The maximum absolute atomic E-state index is 9.15. The van der Waals surface area contributed by atoms with E-state index in [1.165, 1.54) is 0 Å². The molecule has 0 saturated carbocycles. The molecule has 1 fully saturated rings. The molecule has 0 bridgehead atoms. The second-order valence-corrected chi connectivity index (χ2v) is 4.17. The maximum atomic E-state index is 9.15. The molecule has 0 amide bonds. The van der Waals surface area contributed by atoms with E-state index in [0.29, 0.717) is 30.6 Å². The van der Waals surface area contributed by atoms with E-state index in [9.17, 15) is 0 Å². The average Bonchev–Trinajstić information content (AvgIpc) is 2.21. The summed E-state index contributed by atoms with van der Waals surface area (Å²) < 4.78 is 10.4. The second kappa shape index (κ2) is 4.32. The zero-order chi connectivity index (χ0) is 11.6. The molecule has 84 valence electrons. The van der Waals surface area contributed by atoms with Crippen LogP contribution in [0.4, 0.5) is 0 Å². The van der Waals surface area contributed by atoms with Crippen LogP contribution in [-0.2, 0) is 10.2 Å². The third-order valence-corrected chi connectivity index (χ3v) is 2.99. The third kappa shape index (κ3) is 1.75. The molecule has 1 heterocycles. The number of halogens is 1. The van der Waals surface area contributed by atoms with Crippen LogP contribution in [0.5, 0.6) is 5.75 Å². The molecule has 0 radical (unpaired) electrons. The number of hydrogen-bond donors (Lipinski definition) is 0. The van der Waals surface area contributed by atoms with Crippen molar-refractivity contribution in [2.24, 2.45) is 0 Å². The minimum atomic E-state index is -0.519. The van der Waals surface area contributed by atoms with Gasteiger partial charge in [0.25, 0.3) is 0 Å². The number of rotatable bonds is 3. The first-order valence-electron chi connectivity index (χ1n) is 5.13. The van der Waals surface area contributed by atoms with Gasteiger partial charge in [0.2, 0.25) is 0 Å². The highest BCUT2D eigenvalue weighted by Crippen LogP contribution is 2.35. The maximum Gasteiger partial charge on any atom is 0.137 e. The summed E-state index contributed by atoms with van der Waals surface area (Å²) in [5, 5.41) is 9.69. The van der Waals surface area contributed by atoms with Gasteiger partial charge < -0.3 is 9.47 Å². The van der Waals surface area contributed by atoms with Gasteiger partial charge in [-0.3, -0.25) is 0 Å². The Morgan fingerprint density at radius 3 is 2.75 bits per heavy atom. The third-order valence-electron chi connectivity index (χ3n) is 2.70. The summed E-state index contributed by atoms with van der Waals surface area (Å²) in [6.07, 6.45) is 0. The van der Waals surface area contributed by atoms with E-state index in [0.717, 1.165) is 5.56 Å². The van der Waals surface area contributed by atoms with Crippen molar-refractivity contribution in [3.63, 3.8) is 0 Å². The van der Waals surface area contributed by atoms with Gasteiger partial charge in [0, 0.05) is 0 Å². The van der Waals surface area contributed by atoms with Gasteiger partial charge in [0.05, 0.1) is 30.9 Å². The normalized spacial score (nSPS) is 17.3. The molecule has 1 aromatic rings. The fourth-order valence-corrected chi connectivity index (χ4v) is 1.91. The Balaban J connectivity index is 2.31. The standard InChI is InChI=1S/C12H12ClNO2/c1-2-16-11-4-3-9(5-10(11)13)12(6-14)7-15-8-12/h3-5H,2,7-8H2,1H3. The van der Waals surface area contributed by atoms with Crippen LogP contribution in [0.25, 0.3) is 0 Å². The molecular formula is C12H12ClNO2. The second-order valence-electron chi connectivity index (χ2n) is 3.76. The van der Waals surface area contributed by atoms with E-state index in [1.54, 1.807) is 12.1 Å². The number of ether oxygens (including phenoxy) is 2. The highest BCUT2D eigenvalue weighted by atomic mass is 35.5. The van der Waals surface area contributed by atoms with Gasteiger partial charge in [-0.1, -0.05) is 17.7 Å². The van der Waals surface area contributed by atoms with Crippen molar-refractivity contribution in [1.29, 1.82) is 5.26 Å². The molecule has 1 aliphatic heterocycles. The minimum absolute atomic E-state index is 0.438. The Bertz CT molecular complexity index is 435. The van der Waals surface area contributed by atoms with Crippen molar-refractivity contribution >= 4 is 11.6 Å². The van der Waals surface area contributed by atoms with Crippen LogP contribution in [0.2, 0.25) is 5.02 Å². The predicted molar refractivity (Wildman–Crippen MR) is 60.7 cm³/mol. The topological polar surface area (TPSA) is 42.2 Å². The first-order valence-corrected chi connectivity index (χ1v) is 5.51. The summed E-state index contributed by atoms with van der Waals surface area (Å²) in [4.78, 5) is 0. The molecule has 2 rings (SSSR count). The molecule has 0 N–H and O–H groups in total. The molecule has 0 aliphatic carbocycles. The van der Waals surface area contributed by atoms with Gasteiger partial charge in [0.15, 0.2) is 0 Å². The summed E-state index contributed by atoms with van der Waals surface area (Å²) in [6.45, 7) is 3.36. The van der Waals surface area contributed by atoms with Gasteiger partial charge in [-0.05, 0) is 24.6 Å². The number of benzene rings is 1. The van der Waals surface area contributed by atoms with Gasteiger partial charge in [-0.15, -0.1) is 0 Å². The molecule has 1 aromatic carbocycles. The van der Waals surface area contributed by atoms with Crippen LogP contribution in [0.15, 0.2) is 18.2 Å². The molecule has 4 heteroatoms. The summed E-state index contributed by atoms with van der Waals surface area (Å²) >= 11 is 6.08. The molecule has 0 aromatic heterocycles. The summed E-state index contributed by atoms with van der Waals surface area (Å²) in [5.41, 5.74) is 0.378. The zero-order valence-electron chi connectivity index (χ0n) is 9.00. The fourth-order valence-electron chi connectivity index (χ4n) is 1.67. The van der Waals surface area contributed by atoms with Crippen molar-refractivity contribution < 1.29 is 9.47 Å². The molecular weight excluding hydrogens is 226 g/mol. The van der Waals surface area contributed by atoms with E-state index in [-0.39, 0.29) is 0 Å². The molecule has 1 aliphatic rings. The first-order chi connectivity index (χ1) is 7.72. The summed E-state index contributed by atoms with van der Waals surface area (Å²) in [6, 6.07) is 7.76. The summed E-state index contributed by atoms with van der Waals surface area (Å²) in [7, 11) is 0. The van der Waals surface area contributed by atoms with Crippen LogP contribution in [0.3, 0.4) is 0 Å². The van der Waals surface area contributed by atoms with Crippen molar-refractivity contribution in [2.45, 2.75) is 12.3 Å². The molecule has 0 unspecified atom stereocenters. The lowest BCUT2D eigenvalue weighted by Crippen LogP contribution is -2.45. The number of nitriles is 1. The lowest BCUT2D eigenvalue weighted by Gasteiger charge is -2.35. The van der Waals surface area contributed by atoms with E-state index in [1.807, 2.05) is 13.0 Å². The van der Waals surface area contributed by atoms with Crippen molar-refractivity contribution in [2.75, 3.05) is 19.8 Å². The lowest BCUT2D eigenvalue weighted by molar-refractivity contribution is -0.0298. The zero-order valence-corrected chi connectivity index (χ0v) is 9.75. The quantitative estimate of drug-likeness (QED) is 0.811. The molecule has 16 heavy (non-hydrogen) atoms. The molecule has 0 atom stereocenters. The molecule has 0 spiro atoms. The Hall–Kier alpha value is -1.24. The predicted octanol–water partition coefficient (Wildman–Crippen LogP) is 2.53. The largest absolute Gasteiger partial charge is 0.492 e. The van der Waals surface area contributed by atoms with E-state index < -0.39 is 5.41 Å². The van der Waals surface area contributed by atoms with Crippen molar-refractivity contribution in [1.82, 2.24) is 0 Å². The Kier molecular flexibility index (Phi) is 3.04. The molecule has 1 saturated heterocycles. The first kappa shape index (κ1) is 11.3.